The molecule has 38 heteroatoms. The Kier molecular flexibility index (Phi) is 46.8. The maximum absolute atomic E-state index is 13.3. The number of pyridine rings is 5. The summed E-state index contributed by atoms with van der Waals surface area (Å²) >= 11 is 70.5. The first-order chi connectivity index (χ1) is 70.6. The van der Waals surface area contributed by atoms with Gasteiger partial charge in [-0.25, -0.2) is 21.8 Å². The standard InChI is InChI=1S/C22H15ClN2.C17H12Cl2N2O2S.C13H11N.C12H15Cl2NO.C9H5Cl2NO2S.C9H5Cl2N.C9H7ClN2.C8H8ClN.C7H4Cl2O.C4H11N.H2O4S/c23-19-13-18-15-24-12-11-20(18)21(14-19)25-22(16-7-3-1-4-8-16)17-9-5-2-6-10-17;18-13-2-1-11-4-6-21(16(11)8-13)24(22,23)17-9-14(19)7-12-10-20-5-3-15(12)17;14-13(11-7-3-1-4-8-11)12-9-5-2-6-10-12;1-3-16-9(2)7-15-8-10-4-11(13)6-12(14)5-10;10-7-3-6-5-12-2-1-8(6)9(4-7)15(11,13)14;2*10-7-3-6-5-12-2-1-8(6)9(11)4-7;9-7-2-1-6-3-4-10-8(6)5-7;8-6-1-5(4-10)2-7(9)3-6;1-4(2)3-5;1-5(2,3)4/h1-15H;1-3,5,7-10H,4,6H2;1-10,14H;4-6,8-9H,3,7H2,1-2H3;1-5H;1-5H;1-5H,11H2;1-2,5,10H,3-4H2;1-4H;4H,3,5H2,1-2H3;(H2,1,2,3,4). The number of nitrogens with zero attached hydrogens (tertiary/aromatic N) is 8. The Morgan fingerprint density at radius 2 is 0.838 bits per heavy atom. The van der Waals surface area contributed by atoms with Gasteiger partial charge in [0.05, 0.1) is 45.2 Å². The van der Waals surface area contributed by atoms with Gasteiger partial charge in [-0.15, -0.1) is 0 Å². The first-order valence-electron chi connectivity index (χ1n) is 44.8. The minimum absolute atomic E-state index is 0.00840. The fraction of sp³-hybridized carbons (Fsp3) is 0.118. The number of nitrogen functional groups attached to an aromatic ring is 1. The van der Waals surface area contributed by atoms with Gasteiger partial charge in [0.15, 0.2) is 0 Å². The molecule has 0 spiro atoms. The first kappa shape index (κ1) is 118. The number of carbonyl (C=O) groups is 1. The number of halogens is 13. The molecule has 13 aromatic carbocycles. The van der Waals surface area contributed by atoms with E-state index in [0.29, 0.717) is 138 Å². The third-order valence-corrected chi connectivity index (χ3v) is 26.8. The molecule has 7 heterocycles. The van der Waals surface area contributed by atoms with Crippen molar-refractivity contribution in [2.45, 2.75) is 56.4 Å². The van der Waals surface area contributed by atoms with Gasteiger partial charge in [0.1, 0.15) is 6.29 Å². The average molecular weight is 2300 g/mol. The topological polar surface area (TPSA) is 350 Å². The summed E-state index contributed by atoms with van der Waals surface area (Å²) in [5.74, 6) is 0.662. The van der Waals surface area contributed by atoms with E-state index in [0.717, 1.165) is 102 Å². The molecule has 0 amide bonds. The van der Waals surface area contributed by atoms with E-state index in [1.807, 2.05) is 190 Å². The van der Waals surface area contributed by atoms with E-state index in [2.05, 4.69) is 79.4 Å². The lowest BCUT2D eigenvalue weighted by Gasteiger charge is -2.21. The van der Waals surface area contributed by atoms with Crippen molar-refractivity contribution in [3.8, 4) is 0 Å². The number of aliphatic imine (C=N–C) groups is 2. The second-order valence-electron chi connectivity index (χ2n) is 32.3. The van der Waals surface area contributed by atoms with Crippen molar-refractivity contribution in [1.29, 1.82) is 5.41 Å². The van der Waals surface area contributed by atoms with Crippen molar-refractivity contribution in [3.05, 3.63) is 452 Å². The monoisotopic (exact) mass is 2290 g/mol. The summed E-state index contributed by atoms with van der Waals surface area (Å²) < 4.78 is 87.5. The van der Waals surface area contributed by atoms with Gasteiger partial charge in [0, 0.05) is 241 Å². The quantitative estimate of drug-likeness (QED) is 0.0182. The minimum atomic E-state index is -4.67. The summed E-state index contributed by atoms with van der Waals surface area (Å²) in [6, 6.07) is 87.4. The molecule has 5 aromatic heterocycles. The fourth-order valence-electron chi connectivity index (χ4n) is 14.1. The van der Waals surface area contributed by atoms with E-state index < -0.39 is 29.5 Å². The average Bonchev–Trinajstić information content (AvgIpc) is 1.56. The Morgan fingerprint density at radius 3 is 1.30 bits per heavy atom. The van der Waals surface area contributed by atoms with Crippen molar-refractivity contribution in [2.24, 2.45) is 21.6 Å². The number of benzene rings is 13. The molecule has 0 bridgehead atoms. The lowest BCUT2D eigenvalue weighted by molar-refractivity contribution is 0.0830. The number of fused-ring (bicyclic) bond motifs is 7. The summed E-state index contributed by atoms with van der Waals surface area (Å²) in [5.41, 5.74) is 23.6. The summed E-state index contributed by atoms with van der Waals surface area (Å²) in [5, 5.41) is 26.4. The van der Waals surface area contributed by atoms with Crippen LogP contribution in [-0.4, -0.2) is 122 Å². The van der Waals surface area contributed by atoms with Crippen LogP contribution in [0.25, 0.3) is 53.9 Å². The number of nitrogens with one attached hydrogen (secondary N) is 2. The maximum atomic E-state index is 13.3. The van der Waals surface area contributed by atoms with Gasteiger partial charge in [0.25, 0.3) is 19.1 Å². The highest BCUT2D eigenvalue weighted by Gasteiger charge is 2.33. The molecule has 0 aliphatic carbocycles. The highest BCUT2D eigenvalue weighted by molar-refractivity contribution is 8.14. The summed E-state index contributed by atoms with van der Waals surface area (Å²) in [4.78, 5) is 39.7. The second kappa shape index (κ2) is 58.6. The van der Waals surface area contributed by atoms with E-state index in [1.54, 1.807) is 122 Å². The van der Waals surface area contributed by atoms with Crippen LogP contribution in [0.4, 0.5) is 22.7 Å². The number of carbonyl (C=O) groups excluding carboxylic acids is 1. The molecule has 764 valence electrons. The SMILES string of the molecule is CC(C)CN.CCOC(C)CN=Cc1cc(Cl)cc(Cl)c1.Clc1cc(Cl)c2ccncc2c1.Clc1cc(N=C(c2ccccc2)c2ccccc2)c2ccncc2c1.Clc1ccc2c(c1)NCC2.N=C(c1ccccc1)c1ccccc1.Nc1cc(Cl)cc2cnccc12.O=Cc1cc(Cl)cc(Cl)c1.O=S(=O)(Cl)c1cc(Cl)cc2cnccc12.O=S(=O)(O)O.O=S(=O)(c1cc(Cl)cc2cnccc12)N1CCc2ccc(Cl)cc21. The number of aromatic nitrogens is 5. The highest BCUT2D eigenvalue weighted by Crippen LogP contribution is 2.40. The zero-order valence-corrected chi connectivity index (χ0v) is 91.5. The van der Waals surface area contributed by atoms with Crippen molar-refractivity contribution in [1.82, 2.24) is 24.9 Å². The molecule has 1 atom stereocenters. The molecule has 2 aliphatic rings. The summed E-state index contributed by atoms with van der Waals surface area (Å²) in [7, 11) is -6.91. The lowest BCUT2D eigenvalue weighted by Crippen LogP contribution is -2.29. The first-order valence-corrected chi connectivity index (χ1v) is 54.5. The van der Waals surface area contributed by atoms with Crippen LogP contribution in [0, 0.1) is 11.3 Å². The Bertz CT molecular complexity index is 7810. The molecular formula is C110H95Cl13N12O10S3. The summed E-state index contributed by atoms with van der Waals surface area (Å²) in [6.45, 7) is 11.7. The molecule has 0 saturated heterocycles. The zero-order valence-electron chi connectivity index (χ0n) is 79.2. The molecule has 0 fully saturated rings. The molecule has 0 saturated carbocycles. The van der Waals surface area contributed by atoms with Crippen molar-refractivity contribution in [3.63, 3.8) is 0 Å². The predicted octanol–water partition coefficient (Wildman–Crippen LogP) is 31.2. The molecule has 18 aromatic rings. The van der Waals surface area contributed by atoms with Gasteiger partial charge >= 0.3 is 10.4 Å². The Morgan fingerprint density at radius 1 is 0.453 bits per heavy atom. The lowest BCUT2D eigenvalue weighted by atomic mass is 10.0. The predicted molar refractivity (Wildman–Crippen MR) is 616 cm³/mol. The third kappa shape index (κ3) is 37.9. The van der Waals surface area contributed by atoms with Crippen LogP contribution in [0.15, 0.2) is 367 Å². The molecule has 22 nitrogen and oxygen atoms in total. The van der Waals surface area contributed by atoms with Gasteiger partial charge < -0.3 is 21.5 Å². The number of hydrogen-bond donors (Lipinski definition) is 6. The second-order valence-corrected chi connectivity index (χ2v) is 42.7. The number of aldehydes is 1. The number of hydrogen-bond acceptors (Lipinski definition) is 19. The number of ether oxygens (including phenoxy) is 1. The Balaban J connectivity index is 0.000000171. The molecule has 1 unspecified atom stereocenters. The molecule has 148 heavy (non-hydrogen) atoms. The van der Waals surface area contributed by atoms with Crippen LogP contribution < -0.4 is 21.1 Å². The smallest absolute Gasteiger partial charge is 0.394 e. The number of rotatable bonds is 15. The number of nitrogens with two attached hydrogens (primary N) is 2. The van der Waals surface area contributed by atoms with Crippen LogP contribution in [0.1, 0.15) is 77.0 Å². The maximum Gasteiger partial charge on any atom is 0.394 e. The van der Waals surface area contributed by atoms with Gasteiger partial charge in [-0.1, -0.05) is 287 Å². The fourth-order valence-corrected chi connectivity index (χ4v) is 20.0. The van der Waals surface area contributed by atoms with E-state index in [-0.39, 0.29) is 15.9 Å². The van der Waals surface area contributed by atoms with Gasteiger partial charge in [-0.2, -0.15) is 8.42 Å². The Hall–Kier alpha value is -11.6. The van der Waals surface area contributed by atoms with Crippen LogP contribution in [0.2, 0.25) is 60.3 Å². The van der Waals surface area contributed by atoms with Crippen LogP contribution in [-0.2, 0) is 47.1 Å². The normalized spacial score (nSPS) is 11.7. The zero-order chi connectivity index (χ0) is 107. The minimum Gasteiger partial charge on any atom is -0.398 e. The van der Waals surface area contributed by atoms with Gasteiger partial charge in [-0.3, -0.25) is 53.5 Å². The largest absolute Gasteiger partial charge is 0.398 e. The molecule has 0 radical (unpaired) electrons. The van der Waals surface area contributed by atoms with Crippen LogP contribution >= 0.6 is 150 Å². The number of sulfonamides is 1. The van der Waals surface area contributed by atoms with Crippen molar-refractivity contribution < 1.29 is 43.9 Å². The van der Waals surface area contributed by atoms with E-state index in [9.17, 15) is 21.6 Å². The van der Waals surface area contributed by atoms with E-state index in [1.165, 1.54) is 40.1 Å². The Labute approximate surface area is 923 Å². The van der Waals surface area contributed by atoms with E-state index >= 15 is 0 Å². The van der Waals surface area contributed by atoms with E-state index in [4.69, 9.17) is 194 Å². The van der Waals surface area contributed by atoms with Crippen molar-refractivity contribution >= 4 is 280 Å². The summed E-state index contributed by atoms with van der Waals surface area (Å²) in [6.07, 6.45) is 21.1. The molecule has 20 rings (SSSR count). The number of anilines is 3. The van der Waals surface area contributed by atoms with Gasteiger partial charge in [0.2, 0.25) is 0 Å². The molecule has 2 aliphatic heterocycles. The van der Waals surface area contributed by atoms with Crippen LogP contribution in [0.3, 0.4) is 0 Å². The van der Waals surface area contributed by atoms with Crippen molar-refractivity contribution in [2.75, 3.05) is 48.1 Å². The third-order valence-electron chi connectivity index (χ3n) is 20.9. The molecular weight excluding hydrogens is 2210 g/mol. The van der Waals surface area contributed by atoms with Gasteiger partial charge in [-0.05, 0) is 219 Å². The molecule has 8 N–H and O–H groups in total. The van der Waals surface area contributed by atoms with Crippen LogP contribution in [0.5, 0.6) is 0 Å². The highest BCUT2D eigenvalue weighted by atomic mass is 35.7.